The molecule has 0 bridgehead atoms. The summed E-state index contributed by atoms with van der Waals surface area (Å²) in [6, 6.07) is 9.45. The lowest BCUT2D eigenvalue weighted by Crippen LogP contribution is -2.50. The fraction of sp³-hybridized carbons (Fsp3) is 0.469. The Morgan fingerprint density at radius 1 is 1.00 bits per heavy atom. The number of piperazine rings is 2. The Morgan fingerprint density at radius 2 is 1.68 bits per heavy atom. The zero-order valence-electron chi connectivity index (χ0n) is 24.3. The van der Waals surface area contributed by atoms with Gasteiger partial charge < -0.3 is 20.0 Å². The van der Waals surface area contributed by atoms with E-state index in [1.807, 2.05) is 29.0 Å². The largest absolute Gasteiger partial charge is 0.369 e. The zero-order chi connectivity index (χ0) is 29.2. The molecule has 2 saturated heterocycles. The van der Waals surface area contributed by atoms with E-state index in [0.29, 0.717) is 26.2 Å². The molecular formula is C32H43N7O2. The molecule has 2 amide bonds. The van der Waals surface area contributed by atoms with Gasteiger partial charge in [0.05, 0.1) is 0 Å². The van der Waals surface area contributed by atoms with Crippen molar-refractivity contribution >= 4 is 29.0 Å². The lowest BCUT2D eigenvalue weighted by Gasteiger charge is -2.36. The van der Waals surface area contributed by atoms with Gasteiger partial charge in [0.1, 0.15) is 5.84 Å². The van der Waals surface area contributed by atoms with Crippen molar-refractivity contribution in [3.63, 3.8) is 0 Å². The lowest BCUT2D eigenvalue weighted by atomic mass is 10.1. The third kappa shape index (κ3) is 8.56. The molecule has 0 unspecified atom stereocenters. The van der Waals surface area contributed by atoms with Crippen LogP contribution in [0.15, 0.2) is 65.8 Å². The highest BCUT2D eigenvalue weighted by molar-refractivity contribution is 5.94. The molecule has 1 aromatic rings. The highest BCUT2D eigenvalue weighted by atomic mass is 16.2. The predicted molar refractivity (Wildman–Crippen MR) is 167 cm³/mol. The van der Waals surface area contributed by atoms with Crippen LogP contribution in [0.4, 0.5) is 11.4 Å². The van der Waals surface area contributed by atoms with Gasteiger partial charge in [0, 0.05) is 102 Å². The number of amides is 2. The molecule has 0 aromatic heterocycles. The third-order valence-corrected chi connectivity index (χ3v) is 8.03. The van der Waals surface area contributed by atoms with Crippen LogP contribution in [0.5, 0.6) is 0 Å². The topological polar surface area (TPSA) is 74.7 Å². The third-order valence-electron chi connectivity index (χ3n) is 8.03. The highest BCUT2D eigenvalue weighted by Crippen LogP contribution is 2.28. The average Bonchev–Trinajstić information content (AvgIpc) is 3.87. The zero-order valence-corrected chi connectivity index (χ0v) is 24.3. The molecule has 218 valence electrons. The summed E-state index contributed by atoms with van der Waals surface area (Å²) in [6.45, 7) is 15.0. The number of hydrogen-bond donors (Lipinski definition) is 1. The molecule has 9 heteroatoms. The number of amidine groups is 1. The first-order valence-corrected chi connectivity index (χ1v) is 14.5. The van der Waals surface area contributed by atoms with Crippen molar-refractivity contribution in [2.45, 2.75) is 25.8 Å². The Kier molecular flexibility index (Phi) is 10.8. The summed E-state index contributed by atoms with van der Waals surface area (Å²) >= 11 is 0. The highest BCUT2D eigenvalue weighted by Gasteiger charge is 2.31. The van der Waals surface area contributed by atoms with Crippen LogP contribution in [-0.2, 0) is 9.59 Å². The predicted octanol–water partition coefficient (Wildman–Crippen LogP) is 2.66. The second-order valence-corrected chi connectivity index (χ2v) is 10.8. The standard InChI is InChI=1S/C30H41N7O2.C2H2/c1-3-29(38)36-15-12-33(13-16-36)14-17-37-23-25(4-11-30(37)39)22-31-24(2)32-26-5-7-27(8-6-26)34-18-20-35(21-19-34)28-9-10-28;1-2/h3-8,11,22,28H,1,9-10,12-21,23H2,2H3,(H,31,32);1-2H/b25-22-;. The molecule has 9 nitrogen and oxygen atoms in total. The number of anilines is 2. The maximum absolute atomic E-state index is 12.4. The van der Waals surface area contributed by atoms with Crippen molar-refractivity contribution in [3.05, 3.63) is 60.8 Å². The summed E-state index contributed by atoms with van der Waals surface area (Å²) in [5, 5.41) is 3.38. The van der Waals surface area contributed by atoms with E-state index in [-0.39, 0.29) is 11.8 Å². The Hall–Kier alpha value is -3.87. The van der Waals surface area contributed by atoms with Crippen molar-refractivity contribution in [3.8, 4) is 12.8 Å². The fourth-order valence-electron chi connectivity index (χ4n) is 5.45. The van der Waals surface area contributed by atoms with Gasteiger partial charge in [-0.25, -0.2) is 4.99 Å². The van der Waals surface area contributed by atoms with Crippen LogP contribution >= 0.6 is 0 Å². The maximum Gasteiger partial charge on any atom is 0.246 e. The molecule has 5 rings (SSSR count). The van der Waals surface area contributed by atoms with Crippen molar-refractivity contribution < 1.29 is 9.59 Å². The number of aliphatic imine (C=N–C) groups is 1. The van der Waals surface area contributed by atoms with E-state index >= 15 is 0 Å². The summed E-state index contributed by atoms with van der Waals surface area (Å²) in [4.78, 5) is 39.9. The van der Waals surface area contributed by atoms with Gasteiger partial charge in [-0.3, -0.25) is 19.4 Å². The molecule has 41 heavy (non-hydrogen) atoms. The van der Waals surface area contributed by atoms with Crippen LogP contribution in [0.1, 0.15) is 19.8 Å². The SMILES string of the molecule is C#C.C=CC(=O)N1CCN(CCN2C/C(=C\N=C(C)Nc3ccc(N4CCN(C5CC5)CC4)cc3)C=CC2=O)CC1. The molecule has 1 N–H and O–H groups in total. The Balaban J connectivity index is 0.00000189. The number of carbonyl (C=O) groups is 2. The van der Waals surface area contributed by atoms with Crippen LogP contribution in [0.2, 0.25) is 0 Å². The van der Waals surface area contributed by atoms with Gasteiger partial charge in [0.2, 0.25) is 11.8 Å². The van der Waals surface area contributed by atoms with Gasteiger partial charge in [0.15, 0.2) is 0 Å². The molecule has 0 spiro atoms. The molecule has 4 aliphatic rings. The average molecular weight is 558 g/mol. The summed E-state index contributed by atoms with van der Waals surface area (Å²) in [5.74, 6) is 0.818. The van der Waals surface area contributed by atoms with Crippen LogP contribution in [0.25, 0.3) is 0 Å². The smallest absolute Gasteiger partial charge is 0.246 e. The van der Waals surface area contributed by atoms with E-state index in [4.69, 9.17) is 0 Å². The summed E-state index contributed by atoms with van der Waals surface area (Å²) in [6.07, 6.45) is 17.4. The second kappa shape index (κ2) is 14.7. The molecule has 1 aromatic carbocycles. The normalized spacial score (nSPS) is 21.4. The number of nitrogens with one attached hydrogen (secondary N) is 1. The van der Waals surface area contributed by atoms with Crippen LogP contribution in [0.3, 0.4) is 0 Å². The van der Waals surface area contributed by atoms with Gasteiger partial charge in [0.25, 0.3) is 0 Å². The van der Waals surface area contributed by atoms with Gasteiger partial charge in [-0.15, -0.1) is 12.8 Å². The Morgan fingerprint density at radius 3 is 2.32 bits per heavy atom. The molecule has 1 aliphatic carbocycles. The van der Waals surface area contributed by atoms with E-state index in [1.54, 1.807) is 6.08 Å². The minimum Gasteiger partial charge on any atom is -0.369 e. The number of carbonyl (C=O) groups excluding carboxylic acids is 2. The monoisotopic (exact) mass is 557 g/mol. The van der Waals surface area contributed by atoms with Crippen LogP contribution < -0.4 is 10.2 Å². The van der Waals surface area contributed by atoms with Crippen LogP contribution in [-0.4, -0.2) is 115 Å². The molecule has 3 fully saturated rings. The van der Waals surface area contributed by atoms with Gasteiger partial charge in [-0.05, 0) is 55.7 Å². The van der Waals surface area contributed by atoms with E-state index in [0.717, 1.165) is 69.0 Å². The van der Waals surface area contributed by atoms with Crippen molar-refractivity contribution in [1.29, 1.82) is 0 Å². The number of nitrogens with zero attached hydrogens (tertiary/aromatic N) is 6. The number of terminal acetylenes is 1. The number of rotatable bonds is 8. The summed E-state index contributed by atoms with van der Waals surface area (Å²) in [5.41, 5.74) is 3.29. The Bertz CT molecular complexity index is 1170. The summed E-state index contributed by atoms with van der Waals surface area (Å²) < 4.78 is 0. The fourth-order valence-corrected chi connectivity index (χ4v) is 5.45. The van der Waals surface area contributed by atoms with Gasteiger partial charge in [-0.2, -0.15) is 0 Å². The number of benzene rings is 1. The van der Waals surface area contributed by atoms with Crippen molar-refractivity contribution in [2.75, 3.05) is 82.2 Å². The van der Waals surface area contributed by atoms with E-state index in [2.05, 4.69) is 68.7 Å². The minimum atomic E-state index is -0.0132. The lowest BCUT2D eigenvalue weighted by molar-refractivity contribution is -0.127. The minimum absolute atomic E-state index is 0.0132. The van der Waals surface area contributed by atoms with E-state index in [1.165, 1.54) is 24.6 Å². The second-order valence-electron chi connectivity index (χ2n) is 10.8. The van der Waals surface area contributed by atoms with Crippen LogP contribution in [0, 0.1) is 12.8 Å². The molecule has 3 aliphatic heterocycles. The number of hydrogen-bond acceptors (Lipinski definition) is 6. The van der Waals surface area contributed by atoms with Gasteiger partial charge in [-0.1, -0.05) is 12.7 Å². The molecular weight excluding hydrogens is 514 g/mol. The first kappa shape index (κ1) is 30.1. The molecule has 1 saturated carbocycles. The van der Waals surface area contributed by atoms with Crippen molar-refractivity contribution in [1.82, 2.24) is 19.6 Å². The summed E-state index contributed by atoms with van der Waals surface area (Å²) in [7, 11) is 0. The van der Waals surface area contributed by atoms with Crippen molar-refractivity contribution in [2.24, 2.45) is 4.99 Å². The first-order valence-electron chi connectivity index (χ1n) is 14.5. The Labute approximate surface area is 244 Å². The molecule has 3 heterocycles. The quantitative estimate of drug-likeness (QED) is 0.229. The van der Waals surface area contributed by atoms with E-state index < -0.39 is 0 Å². The molecule has 0 radical (unpaired) electrons. The maximum atomic E-state index is 12.4. The first-order chi connectivity index (χ1) is 20.0. The van der Waals surface area contributed by atoms with E-state index in [9.17, 15) is 9.59 Å². The molecule has 0 atom stereocenters. The van der Waals surface area contributed by atoms with Gasteiger partial charge >= 0.3 is 0 Å².